The van der Waals surface area contributed by atoms with Crippen molar-refractivity contribution < 1.29 is 5.11 Å². The van der Waals surface area contributed by atoms with Gasteiger partial charge in [-0.3, -0.25) is 0 Å². The van der Waals surface area contributed by atoms with E-state index in [9.17, 15) is 0 Å². The first-order valence-corrected chi connectivity index (χ1v) is 4.86. The van der Waals surface area contributed by atoms with E-state index in [1.165, 1.54) is 0 Å². The molecule has 3 nitrogen and oxygen atoms in total. The van der Waals surface area contributed by atoms with Crippen LogP contribution < -0.4 is 5.32 Å². The van der Waals surface area contributed by atoms with E-state index in [0.717, 1.165) is 3.57 Å². The van der Waals surface area contributed by atoms with Gasteiger partial charge in [0.25, 0.3) is 0 Å². The molecular formula is C7H8ClIN2O. The lowest BCUT2D eigenvalue weighted by Crippen LogP contribution is -2.07. The minimum atomic E-state index is 0.0729. The average Bonchev–Trinajstić information content (AvgIpc) is 2.08. The summed E-state index contributed by atoms with van der Waals surface area (Å²) in [5.41, 5.74) is 0. The Hall–Kier alpha value is -0.0700. The summed E-state index contributed by atoms with van der Waals surface area (Å²) in [6.07, 6.45) is 1.67. The largest absolute Gasteiger partial charge is 0.395 e. The summed E-state index contributed by atoms with van der Waals surface area (Å²) in [5.74, 6) is 0.623. The Kier molecular flexibility index (Phi) is 4.03. The second kappa shape index (κ2) is 4.84. The molecule has 0 aliphatic heterocycles. The standard InChI is InChI=1S/C7H8ClIN2O/c8-6-5(9)1-2-10-7(6)11-3-4-12/h1-2,12H,3-4H2,(H,10,11). The number of hydrogen-bond donors (Lipinski definition) is 2. The van der Waals surface area contributed by atoms with Crippen molar-refractivity contribution in [1.82, 2.24) is 4.98 Å². The van der Waals surface area contributed by atoms with Crippen LogP contribution in [0.25, 0.3) is 0 Å². The van der Waals surface area contributed by atoms with E-state index in [0.29, 0.717) is 17.4 Å². The number of nitrogens with one attached hydrogen (secondary N) is 1. The van der Waals surface area contributed by atoms with Crippen LogP contribution in [0.1, 0.15) is 0 Å². The molecule has 1 rings (SSSR count). The first-order chi connectivity index (χ1) is 5.75. The first kappa shape index (κ1) is 10.0. The Morgan fingerprint density at radius 1 is 1.67 bits per heavy atom. The smallest absolute Gasteiger partial charge is 0.145 e. The molecule has 1 aromatic rings. The third-order valence-electron chi connectivity index (χ3n) is 1.25. The van der Waals surface area contributed by atoms with Gasteiger partial charge in [0.05, 0.1) is 11.6 Å². The van der Waals surface area contributed by atoms with Gasteiger partial charge in [0, 0.05) is 16.3 Å². The van der Waals surface area contributed by atoms with Gasteiger partial charge in [-0.1, -0.05) is 11.6 Å². The Balaban J connectivity index is 2.78. The van der Waals surface area contributed by atoms with Gasteiger partial charge in [0.2, 0.25) is 0 Å². The number of rotatable bonds is 3. The Morgan fingerprint density at radius 3 is 3.08 bits per heavy atom. The maximum absolute atomic E-state index is 8.55. The minimum absolute atomic E-state index is 0.0729. The molecule has 0 fully saturated rings. The molecule has 5 heteroatoms. The fourth-order valence-electron chi connectivity index (χ4n) is 0.718. The van der Waals surface area contributed by atoms with Gasteiger partial charge in [-0.2, -0.15) is 0 Å². The molecule has 0 atom stereocenters. The highest BCUT2D eigenvalue weighted by atomic mass is 127. The molecule has 0 aliphatic carbocycles. The van der Waals surface area contributed by atoms with E-state index in [1.807, 2.05) is 6.07 Å². The van der Waals surface area contributed by atoms with Crippen molar-refractivity contribution in [1.29, 1.82) is 0 Å². The highest BCUT2D eigenvalue weighted by Crippen LogP contribution is 2.24. The molecule has 0 aromatic carbocycles. The summed E-state index contributed by atoms with van der Waals surface area (Å²) in [5, 5.41) is 12.1. The molecular weight excluding hydrogens is 290 g/mol. The fourth-order valence-corrected chi connectivity index (χ4v) is 1.31. The maximum atomic E-state index is 8.55. The second-order valence-corrected chi connectivity index (χ2v) is 3.65. The van der Waals surface area contributed by atoms with Crippen molar-refractivity contribution in [2.45, 2.75) is 0 Å². The maximum Gasteiger partial charge on any atom is 0.145 e. The summed E-state index contributed by atoms with van der Waals surface area (Å²) in [6.45, 7) is 0.538. The van der Waals surface area contributed by atoms with E-state index in [1.54, 1.807) is 6.20 Å². The molecule has 0 saturated carbocycles. The molecule has 1 aromatic heterocycles. The molecule has 0 bridgehead atoms. The van der Waals surface area contributed by atoms with Crippen LogP contribution in [0.4, 0.5) is 5.82 Å². The summed E-state index contributed by atoms with van der Waals surface area (Å²) in [6, 6.07) is 1.83. The van der Waals surface area contributed by atoms with Crippen LogP contribution in [0.2, 0.25) is 5.02 Å². The molecule has 1 heterocycles. The number of hydrogen-bond acceptors (Lipinski definition) is 3. The van der Waals surface area contributed by atoms with Gasteiger partial charge in [-0.05, 0) is 28.7 Å². The number of halogens is 2. The molecule has 2 N–H and O–H groups in total. The lowest BCUT2D eigenvalue weighted by molar-refractivity contribution is 0.311. The van der Waals surface area contributed by atoms with Gasteiger partial charge in [-0.25, -0.2) is 4.98 Å². The number of anilines is 1. The monoisotopic (exact) mass is 298 g/mol. The number of nitrogens with zero attached hydrogens (tertiary/aromatic N) is 1. The number of aliphatic hydroxyl groups is 1. The molecule has 0 saturated heterocycles. The Morgan fingerprint density at radius 2 is 2.42 bits per heavy atom. The zero-order valence-electron chi connectivity index (χ0n) is 6.22. The number of aliphatic hydroxyl groups excluding tert-OH is 1. The van der Waals surface area contributed by atoms with Crippen LogP contribution in [-0.4, -0.2) is 23.2 Å². The topological polar surface area (TPSA) is 45.1 Å². The number of pyridine rings is 1. The van der Waals surface area contributed by atoms with Crippen LogP contribution in [0, 0.1) is 3.57 Å². The molecule has 12 heavy (non-hydrogen) atoms. The minimum Gasteiger partial charge on any atom is -0.395 e. The predicted molar refractivity (Wildman–Crippen MR) is 57.5 cm³/mol. The van der Waals surface area contributed by atoms with Crippen LogP contribution >= 0.6 is 34.2 Å². The van der Waals surface area contributed by atoms with Gasteiger partial charge in [0.15, 0.2) is 0 Å². The van der Waals surface area contributed by atoms with Crippen molar-refractivity contribution >= 4 is 40.0 Å². The third-order valence-corrected chi connectivity index (χ3v) is 2.85. The van der Waals surface area contributed by atoms with Crippen LogP contribution in [0.15, 0.2) is 12.3 Å². The average molecular weight is 299 g/mol. The zero-order chi connectivity index (χ0) is 8.97. The van der Waals surface area contributed by atoms with E-state index < -0.39 is 0 Å². The van der Waals surface area contributed by atoms with Crippen molar-refractivity contribution in [3.05, 3.63) is 20.9 Å². The van der Waals surface area contributed by atoms with Crippen molar-refractivity contribution in [2.75, 3.05) is 18.5 Å². The molecule has 0 radical (unpaired) electrons. The Labute approximate surface area is 89.3 Å². The summed E-state index contributed by atoms with van der Waals surface area (Å²) < 4.78 is 0.949. The Bertz CT molecular complexity index is 270. The van der Waals surface area contributed by atoms with Crippen LogP contribution in [0.3, 0.4) is 0 Å². The fraction of sp³-hybridized carbons (Fsp3) is 0.286. The van der Waals surface area contributed by atoms with Gasteiger partial charge >= 0.3 is 0 Å². The molecule has 0 aliphatic rings. The highest BCUT2D eigenvalue weighted by Gasteiger charge is 2.03. The van der Waals surface area contributed by atoms with Crippen LogP contribution in [0.5, 0.6) is 0 Å². The summed E-state index contributed by atoms with van der Waals surface area (Å²) >= 11 is 8.04. The lowest BCUT2D eigenvalue weighted by atomic mass is 10.4. The van der Waals surface area contributed by atoms with Gasteiger partial charge in [0.1, 0.15) is 5.82 Å². The van der Waals surface area contributed by atoms with Gasteiger partial charge in [-0.15, -0.1) is 0 Å². The van der Waals surface area contributed by atoms with E-state index in [2.05, 4.69) is 32.9 Å². The van der Waals surface area contributed by atoms with E-state index in [-0.39, 0.29) is 6.61 Å². The molecule has 0 amide bonds. The SMILES string of the molecule is OCCNc1nccc(I)c1Cl. The highest BCUT2D eigenvalue weighted by molar-refractivity contribution is 14.1. The van der Waals surface area contributed by atoms with Gasteiger partial charge < -0.3 is 10.4 Å². The lowest BCUT2D eigenvalue weighted by Gasteiger charge is -2.05. The van der Waals surface area contributed by atoms with Crippen molar-refractivity contribution in [2.24, 2.45) is 0 Å². The van der Waals surface area contributed by atoms with Crippen molar-refractivity contribution in [3.8, 4) is 0 Å². The van der Waals surface area contributed by atoms with Crippen molar-refractivity contribution in [3.63, 3.8) is 0 Å². The third kappa shape index (κ3) is 2.46. The van der Waals surface area contributed by atoms with E-state index >= 15 is 0 Å². The van der Waals surface area contributed by atoms with Crippen LogP contribution in [-0.2, 0) is 0 Å². The molecule has 0 spiro atoms. The van der Waals surface area contributed by atoms with E-state index in [4.69, 9.17) is 16.7 Å². The summed E-state index contributed by atoms with van der Waals surface area (Å²) in [4.78, 5) is 4.02. The number of aromatic nitrogens is 1. The molecule has 0 unspecified atom stereocenters. The predicted octanol–water partition coefficient (Wildman–Crippen LogP) is 1.74. The first-order valence-electron chi connectivity index (χ1n) is 3.40. The molecule has 66 valence electrons. The quantitative estimate of drug-likeness (QED) is 0.836. The summed E-state index contributed by atoms with van der Waals surface area (Å²) in [7, 11) is 0. The second-order valence-electron chi connectivity index (χ2n) is 2.11. The normalized spacial score (nSPS) is 9.92. The zero-order valence-corrected chi connectivity index (χ0v) is 9.13.